The van der Waals surface area contributed by atoms with E-state index in [9.17, 15) is 8.42 Å². The molecule has 1 atom stereocenters. The van der Waals surface area contributed by atoms with Crippen LogP contribution in [0, 0.1) is 0 Å². The van der Waals surface area contributed by atoms with Crippen molar-refractivity contribution in [2.24, 2.45) is 0 Å². The molecule has 0 saturated carbocycles. The summed E-state index contributed by atoms with van der Waals surface area (Å²) in [5, 5.41) is 3.71. The second-order valence-electron chi connectivity index (χ2n) is 8.03. The number of anilines is 2. The van der Waals surface area contributed by atoms with Crippen LogP contribution in [0.5, 0.6) is 0 Å². The Morgan fingerprint density at radius 2 is 1.90 bits per heavy atom. The maximum Gasteiger partial charge on any atom is 0.232 e. The number of benzene rings is 2. The summed E-state index contributed by atoms with van der Waals surface area (Å²) in [7, 11) is -3.26. The summed E-state index contributed by atoms with van der Waals surface area (Å²) < 4.78 is 32.3. The predicted octanol–water partition coefficient (Wildman–Crippen LogP) is 3.32. The predicted molar refractivity (Wildman–Crippen MR) is 122 cm³/mol. The highest BCUT2D eigenvalue weighted by Crippen LogP contribution is 2.27. The van der Waals surface area contributed by atoms with Crippen molar-refractivity contribution in [3.05, 3.63) is 59.7 Å². The van der Waals surface area contributed by atoms with Crippen molar-refractivity contribution in [2.45, 2.75) is 38.3 Å². The van der Waals surface area contributed by atoms with E-state index in [1.807, 2.05) is 18.2 Å². The van der Waals surface area contributed by atoms with Crippen molar-refractivity contribution in [2.75, 3.05) is 41.6 Å². The molecule has 0 amide bonds. The van der Waals surface area contributed by atoms with Gasteiger partial charge in [0.15, 0.2) is 0 Å². The Labute approximate surface area is 179 Å². The Morgan fingerprint density at radius 1 is 1.10 bits per heavy atom. The van der Waals surface area contributed by atoms with Gasteiger partial charge in [-0.1, -0.05) is 30.3 Å². The molecular weight excluding hydrogens is 398 g/mol. The Kier molecular flexibility index (Phi) is 6.61. The molecule has 0 aliphatic carbocycles. The molecule has 30 heavy (non-hydrogen) atoms. The number of rotatable bonds is 7. The lowest BCUT2D eigenvalue weighted by Gasteiger charge is -2.35. The molecule has 2 aromatic rings. The maximum absolute atomic E-state index is 11.8. The van der Waals surface area contributed by atoms with Crippen molar-refractivity contribution in [1.82, 2.24) is 5.32 Å². The molecule has 2 aliphatic heterocycles. The van der Waals surface area contributed by atoms with E-state index >= 15 is 0 Å². The average molecular weight is 430 g/mol. The van der Waals surface area contributed by atoms with E-state index in [-0.39, 0.29) is 11.9 Å². The fourth-order valence-corrected chi connectivity index (χ4v) is 4.91. The molecule has 0 aromatic heterocycles. The molecule has 4 rings (SSSR count). The van der Waals surface area contributed by atoms with Gasteiger partial charge in [-0.25, -0.2) is 8.42 Å². The van der Waals surface area contributed by atoms with Crippen LogP contribution in [0.4, 0.5) is 11.4 Å². The molecule has 162 valence electrons. The van der Waals surface area contributed by atoms with Crippen LogP contribution in [-0.4, -0.2) is 46.5 Å². The minimum Gasteiger partial charge on any atom is -0.372 e. The standard InChI is InChI=1S/C23H31N3O3S/c1-2-30(27,28)25-20-7-5-8-21(16-20)26-13-10-19(11-14-26)24-17-23-22-9-4-3-6-18(22)12-15-29-23/h3-9,16,19,23-25H,2,10-15,17H2,1H3. The van der Waals surface area contributed by atoms with Gasteiger partial charge >= 0.3 is 0 Å². The van der Waals surface area contributed by atoms with Crippen molar-refractivity contribution < 1.29 is 13.2 Å². The summed E-state index contributed by atoms with van der Waals surface area (Å²) in [5.41, 5.74) is 4.42. The fraction of sp³-hybridized carbons (Fsp3) is 0.478. The molecule has 0 spiro atoms. The topological polar surface area (TPSA) is 70.7 Å². The Bertz CT molecular complexity index is 956. The lowest BCUT2D eigenvalue weighted by Crippen LogP contribution is -2.44. The van der Waals surface area contributed by atoms with Crippen LogP contribution in [0.25, 0.3) is 0 Å². The number of sulfonamides is 1. The van der Waals surface area contributed by atoms with E-state index in [0.717, 1.165) is 51.2 Å². The van der Waals surface area contributed by atoms with Crippen LogP contribution in [0.1, 0.15) is 37.0 Å². The zero-order chi connectivity index (χ0) is 21.0. The van der Waals surface area contributed by atoms with Crippen molar-refractivity contribution in [3.63, 3.8) is 0 Å². The molecule has 0 bridgehead atoms. The fourth-order valence-electron chi connectivity index (χ4n) is 4.28. The third-order valence-corrected chi connectivity index (χ3v) is 7.35. The summed E-state index contributed by atoms with van der Waals surface area (Å²) >= 11 is 0. The molecule has 0 radical (unpaired) electrons. The number of nitrogens with zero attached hydrogens (tertiary/aromatic N) is 1. The Morgan fingerprint density at radius 3 is 2.70 bits per heavy atom. The molecular formula is C23H31N3O3S. The van der Waals surface area contributed by atoms with E-state index in [1.165, 1.54) is 11.1 Å². The van der Waals surface area contributed by atoms with Crippen molar-refractivity contribution in [3.8, 4) is 0 Å². The van der Waals surface area contributed by atoms with Crippen molar-refractivity contribution in [1.29, 1.82) is 0 Å². The average Bonchev–Trinajstić information content (AvgIpc) is 2.78. The summed E-state index contributed by atoms with van der Waals surface area (Å²) in [4.78, 5) is 2.33. The second kappa shape index (κ2) is 9.37. The minimum atomic E-state index is -3.26. The molecule has 6 nitrogen and oxygen atoms in total. The smallest absolute Gasteiger partial charge is 0.232 e. The monoisotopic (exact) mass is 429 g/mol. The third-order valence-electron chi connectivity index (χ3n) is 6.04. The van der Waals surface area contributed by atoms with Crippen LogP contribution < -0.4 is 14.9 Å². The zero-order valence-corrected chi connectivity index (χ0v) is 18.3. The first-order chi connectivity index (χ1) is 14.5. The number of ether oxygens (including phenoxy) is 1. The maximum atomic E-state index is 11.8. The first-order valence-electron chi connectivity index (χ1n) is 10.8. The van der Waals surface area contributed by atoms with Gasteiger partial charge < -0.3 is 15.0 Å². The first kappa shape index (κ1) is 21.2. The number of piperidine rings is 1. The van der Waals surface area contributed by atoms with Gasteiger partial charge in [0, 0.05) is 31.4 Å². The van der Waals surface area contributed by atoms with Gasteiger partial charge in [0.25, 0.3) is 0 Å². The van der Waals surface area contributed by atoms with Gasteiger partial charge in [-0.05, 0) is 55.5 Å². The highest BCUT2D eigenvalue weighted by atomic mass is 32.2. The molecule has 7 heteroatoms. The molecule has 2 heterocycles. The summed E-state index contributed by atoms with van der Waals surface area (Å²) in [6.07, 6.45) is 3.24. The Balaban J connectivity index is 1.30. The van der Waals surface area contributed by atoms with Gasteiger partial charge in [0.2, 0.25) is 10.0 Å². The van der Waals surface area contributed by atoms with Gasteiger partial charge in [0.1, 0.15) is 0 Å². The largest absolute Gasteiger partial charge is 0.372 e. The number of fused-ring (bicyclic) bond motifs is 1. The number of hydrogen-bond acceptors (Lipinski definition) is 5. The number of nitrogens with one attached hydrogen (secondary N) is 2. The van der Waals surface area contributed by atoms with Crippen molar-refractivity contribution >= 4 is 21.4 Å². The highest BCUT2D eigenvalue weighted by molar-refractivity contribution is 7.92. The van der Waals surface area contributed by atoms with E-state index in [4.69, 9.17) is 4.74 Å². The first-order valence-corrected chi connectivity index (χ1v) is 12.5. The number of hydrogen-bond donors (Lipinski definition) is 2. The van der Waals surface area contributed by atoms with Crippen LogP contribution >= 0.6 is 0 Å². The molecule has 2 aromatic carbocycles. The van der Waals surface area contributed by atoms with Crippen LogP contribution in [0.2, 0.25) is 0 Å². The quantitative estimate of drug-likeness (QED) is 0.707. The van der Waals surface area contributed by atoms with E-state index in [1.54, 1.807) is 13.0 Å². The van der Waals surface area contributed by atoms with Gasteiger partial charge in [-0.15, -0.1) is 0 Å². The van der Waals surface area contributed by atoms with E-state index < -0.39 is 10.0 Å². The van der Waals surface area contributed by atoms with E-state index in [0.29, 0.717) is 11.7 Å². The highest BCUT2D eigenvalue weighted by Gasteiger charge is 2.24. The minimum absolute atomic E-state index is 0.0729. The van der Waals surface area contributed by atoms with Crippen LogP contribution in [0.3, 0.4) is 0 Å². The molecule has 1 unspecified atom stereocenters. The molecule has 2 aliphatic rings. The summed E-state index contributed by atoms with van der Waals surface area (Å²) in [6, 6.07) is 16.7. The van der Waals surface area contributed by atoms with Crippen LogP contribution in [0.15, 0.2) is 48.5 Å². The normalized spacial score (nSPS) is 20.0. The lowest BCUT2D eigenvalue weighted by atomic mass is 9.97. The summed E-state index contributed by atoms with van der Waals surface area (Å²) in [6.45, 7) is 5.17. The molecule has 1 saturated heterocycles. The Hall–Kier alpha value is -2.09. The SMILES string of the molecule is CCS(=O)(=O)Nc1cccc(N2CCC(NCC3OCCc4ccccc43)CC2)c1. The summed E-state index contributed by atoms with van der Waals surface area (Å²) in [5.74, 6) is 0.0729. The second-order valence-corrected chi connectivity index (χ2v) is 10.0. The van der Waals surface area contributed by atoms with Crippen LogP contribution in [-0.2, 0) is 21.2 Å². The third kappa shape index (κ3) is 5.14. The van der Waals surface area contributed by atoms with Gasteiger partial charge in [-0.3, -0.25) is 4.72 Å². The molecule has 2 N–H and O–H groups in total. The van der Waals surface area contributed by atoms with E-state index in [2.05, 4.69) is 39.2 Å². The van der Waals surface area contributed by atoms with Gasteiger partial charge in [-0.2, -0.15) is 0 Å². The lowest BCUT2D eigenvalue weighted by molar-refractivity contribution is 0.0401. The molecule has 1 fully saturated rings. The zero-order valence-electron chi connectivity index (χ0n) is 17.5. The van der Waals surface area contributed by atoms with Gasteiger partial charge in [0.05, 0.1) is 24.2 Å².